The third kappa shape index (κ3) is 1.08. The van der Waals surface area contributed by atoms with Crippen LogP contribution in [0.2, 0.25) is 0 Å². The Labute approximate surface area is 57.7 Å². The van der Waals surface area contributed by atoms with Gasteiger partial charge in [0, 0.05) is 6.42 Å². The second-order valence-corrected chi connectivity index (χ2v) is 2.31. The van der Waals surface area contributed by atoms with E-state index in [1.165, 1.54) is 0 Å². The summed E-state index contributed by atoms with van der Waals surface area (Å²) in [5.74, 6) is -0.660. The fourth-order valence-corrected chi connectivity index (χ4v) is 0.850. The first-order chi connectivity index (χ1) is 4.61. The molecule has 0 radical (unpaired) electrons. The number of rotatable bonds is 2. The smallest absolute Gasteiger partial charge is 0.239 e. The van der Waals surface area contributed by atoms with Crippen LogP contribution in [-0.2, 0) is 9.59 Å². The van der Waals surface area contributed by atoms with E-state index < -0.39 is 11.9 Å². The summed E-state index contributed by atoms with van der Waals surface area (Å²) in [5, 5.41) is 2.46. The molecule has 1 aliphatic rings. The monoisotopic (exact) mass is 143 g/mol. The number of nitrogens with one attached hydrogen (secondary N) is 1. The average Bonchev–Trinajstić information content (AvgIpc) is 1.86. The van der Waals surface area contributed by atoms with Gasteiger partial charge in [0.1, 0.15) is 6.04 Å². The van der Waals surface area contributed by atoms with Crippen molar-refractivity contribution in [1.29, 1.82) is 0 Å². The molecule has 0 saturated carbocycles. The minimum atomic E-state index is -0.549. The first-order valence-corrected chi connectivity index (χ1v) is 2.95. The van der Waals surface area contributed by atoms with Gasteiger partial charge in [-0.15, -0.1) is 0 Å². The molecule has 0 aromatic carbocycles. The SMILES string of the molecule is NC(=O)C[C@@H]1NC(=O)[C@@H]1N. The zero-order valence-electron chi connectivity index (χ0n) is 5.33. The maximum atomic E-state index is 10.4. The Balaban J connectivity index is 2.34. The van der Waals surface area contributed by atoms with Crippen LogP contribution in [0.15, 0.2) is 0 Å². The predicted molar refractivity (Wildman–Crippen MR) is 33.7 cm³/mol. The van der Waals surface area contributed by atoms with Gasteiger partial charge >= 0.3 is 0 Å². The highest BCUT2D eigenvalue weighted by Gasteiger charge is 2.36. The van der Waals surface area contributed by atoms with E-state index in [1.54, 1.807) is 0 Å². The summed E-state index contributed by atoms with van der Waals surface area (Å²) in [7, 11) is 0. The lowest BCUT2D eigenvalue weighted by molar-refractivity contribution is -0.131. The molecule has 1 heterocycles. The van der Waals surface area contributed by atoms with Crippen molar-refractivity contribution < 1.29 is 9.59 Å². The number of carbonyl (C=O) groups is 2. The van der Waals surface area contributed by atoms with Crippen LogP contribution < -0.4 is 16.8 Å². The molecule has 0 spiro atoms. The minimum absolute atomic E-state index is 0.132. The molecule has 1 rings (SSSR count). The van der Waals surface area contributed by atoms with Gasteiger partial charge in [0.15, 0.2) is 0 Å². The molecular weight excluding hydrogens is 134 g/mol. The van der Waals surface area contributed by atoms with Crippen molar-refractivity contribution in [3.8, 4) is 0 Å². The summed E-state index contributed by atoms with van der Waals surface area (Å²) < 4.78 is 0. The van der Waals surface area contributed by atoms with Gasteiger partial charge in [-0.25, -0.2) is 0 Å². The lowest BCUT2D eigenvalue weighted by atomic mass is 9.97. The molecule has 0 aliphatic carbocycles. The molecular formula is C5H9N3O2. The van der Waals surface area contributed by atoms with E-state index in [0.717, 1.165) is 0 Å². The summed E-state index contributed by atoms with van der Waals surface area (Å²) in [5.41, 5.74) is 10.2. The highest BCUT2D eigenvalue weighted by Crippen LogP contribution is 2.06. The topological polar surface area (TPSA) is 98.2 Å². The van der Waals surface area contributed by atoms with Crippen molar-refractivity contribution in [2.75, 3.05) is 0 Å². The number of hydrogen-bond acceptors (Lipinski definition) is 3. The quantitative estimate of drug-likeness (QED) is 0.379. The van der Waals surface area contributed by atoms with Gasteiger partial charge in [0.25, 0.3) is 0 Å². The van der Waals surface area contributed by atoms with E-state index in [2.05, 4.69) is 5.32 Å². The second kappa shape index (κ2) is 2.26. The molecule has 5 nitrogen and oxygen atoms in total. The Hall–Kier alpha value is -1.10. The number of hydrogen-bond donors (Lipinski definition) is 3. The van der Waals surface area contributed by atoms with E-state index >= 15 is 0 Å². The maximum Gasteiger partial charge on any atom is 0.239 e. The molecule has 2 amide bonds. The molecule has 1 fully saturated rings. The van der Waals surface area contributed by atoms with Gasteiger partial charge in [0.05, 0.1) is 6.04 Å². The Kier molecular flexibility index (Phi) is 1.58. The zero-order chi connectivity index (χ0) is 7.72. The Morgan fingerprint density at radius 2 is 2.30 bits per heavy atom. The molecule has 5 N–H and O–H groups in total. The van der Waals surface area contributed by atoms with E-state index in [-0.39, 0.29) is 18.4 Å². The normalized spacial score (nSPS) is 30.7. The average molecular weight is 143 g/mol. The van der Waals surface area contributed by atoms with Gasteiger partial charge < -0.3 is 16.8 Å². The molecule has 2 atom stereocenters. The molecule has 0 aromatic rings. The molecule has 10 heavy (non-hydrogen) atoms. The van der Waals surface area contributed by atoms with Gasteiger partial charge in [-0.1, -0.05) is 0 Å². The molecule has 5 heteroatoms. The summed E-state index contributed by atoms with van der Waals surface area (Å²) in [6.45, 7) is 0. The van der Waals surface area contributed by atoms with Crippen LogP contribution in [0.3, 0.4) is 0 Å². The van der Waals surface area contributed by atoms with Crippen LogP contribution in [0.4, 0.5) is 0 Å². The van der Waals surface area contributed by atoms with Crippen molar-refractivity contribution in [3.05, 3.63) is 0 Å². The van der Waals surface area contributed by atoms with Crippen LogP contribution in [0.5, 0.6) is 0 Å². The zero-order valence-corrected chi connectivity index (χ0v) is 5.33. The van der Waals surface area contributed by atoms with Crippen molar-refractivity contribution in [3.63, 3.8) is 0 Å². The minimum Gasteiger partial charge on any atom is -0.370 e. The molecule has 1 saturated heterocycles. The highest BCUT2D eigenvalue weighted by molar-refractivity contribution is 5.91. The molecule has 0 aromatic heterocycles. The number of nitrogens with two attached hydrogens (primary N) is 2. The van der Waals surface area contributed by atoms with E-state index in [4.69, 9.17) is 11.5 Å². The molecule has 56 valence electrons. The summed E-state index contributed by atoms with van der Waals surface area (Å²) in [6.07, 6.45) is 0.132. The van der Waals surface area contributed by atoms with Gasteiger partial charge in [0.2, 0.25) is 11.8 Å². The van der Waals surface area contributed by atoms with Crippen LogP contribution in [0, 0.1) is 0 Å². The van der Waals surface area contributed by atoms with E-state index in [1.807, 2.05) is 0 Å². The summed E-state index contributed by atoms with van der Waals surface area (Å²) in [4.78, 5) is 20.7. The Morgan fingerprint density at radius 1 is 1.70 bits per heavy atom. The van der Waals surface area contributed by atoms with Crippen molar-refractivity contribution in [2.45, 2.75) is 18.5 Å². The largest absolute Gasteiger partial charge is 0.370 e. The Bertz CT molecular complexity index is 180. The Morgan fingerprint density at radius 3 is 2.60 bits per heavy atom. The number of primary amides is 1. The second-order valence-electron chi connectivity index (χ2n) is 2.31. The maximum absolute atomic E-state index is 10.4. The third-order valence-electron chi connectivity index (χ3n) is 1.48. The lowest BCUT2D eigenvalue weighted by Gasteiger charge is -2.32. The van der Waals surface area contributed by atoms with E-state index in [0.29, 0.717) is 0 Å². The molecule has 0 bridgehead atoms. The van der Waals surface area contributed by atoms with Crippen LogP contribution in [-0.4, -0.2) is 23.9 Å². The first kappa shape index (κ1) is 7.01. The number of β-lactam (4-membered cyclic amide) rings is 1. The highest BCUT2D eigenvalue weighted by atomic mass is 16.2. The van der Waals surface area contributed by atoms with Crippen LogP contribution >= 0.6 is 0 Å². The fraction of sp³-hybridized carbons (Fsp3) is 0.600. The molecule has 0 unspecified atom stereocenters. The lowest BCUT2D eigenvalue weighted by Crippen LogP contribution is -2.67. The van der Waals surface area contributed by atoms with Crippen LogP contribution in [0.25, 0.3) is 0 Å². The number of amides is 2. The third-order valence-corrected chi connectivity index (χ3v) is 1.48. The van der Waals surface area contributed by atoms with Crippen molar-refractivity contribution in [2.24, 2.45) is 11.5 Å². The van der Waals surface area contributed by atoms with Crippen molar-refractivity contribution >= 4 is 11.8 Å². The van der Waals surface area contributed by atoms with Gasteiger partial charge in [-0.2, -0.15) is 0 Å². The first-order valence-electron chi connectivity index (χ1n) is 2.95. The summed E-state index contributed by atoms with van der Waals surface area (Å²) in [6, 6.07) is -0.794. The molecule has 1 aliphatic heterocycles. The fourth-order valence-electron chi connectivity index (χ4n) is 0.850. The predicted octanol–water partition coefficient (Wildman–Crippen LogP) is -2.31. The standard InChI is InChI=1S/C5H9N3O2/c6-3(9)1-2-4(7)5(10)8-2/h2,4H,1,7H2,(H2,6,9)(H,8,10)/t2-,4+/m0/s1. The number of carbonyl (C=O) groups excluding carboxylic acids is 2. The van der Waals surface area contributed by atoms with Crippen LogP contribution in [0.1, 0.15) is 6.42 Å². The van der Waals surface area contributed by atoms with Crippen molar-refractivity contribution in [1.82, 2.24) is 5.32 Å². The summed E-state index contributed by atoms with van der Waals surface area (Å²) >= 11 is 0. The van der Waals surface area contributed by atoms with Gasteiger partial charge in [-0.05, 0) is 0 Å². The van der Waals surface area contributed by atoms with Gasteiger partial charge in [-0.3, -0.25) is 9.59 Å². The van der Waals surface area contributed by atoms with E-state index in [9.17, 15) is 9.59 Å².